The number of ether oxygens (including phenoxy) is 1. The van der Waals surface area contributed by atoms with Crippen LogP contribution in [0.1, 0.15) is 23.2 Å². The molecule has 1 amide bonds. The SMILES string of the molecule is COc1cc(C(=O)Nc2ccc(N3CCCC3)cn2)ccc1[N+](=O)[O-]. The number of benzene rings is 1. The predicted molar refractivity (Wildman–Crippen MR) is 93.3 cm³/mol. The highest BCUT2D eigenvalue weighted by Gasteiger charge is 2.18. The molecule has 1 aromatic carbocycles. The van der Waals surface area contributed by atoms with Crippen molar-refractivity contribution < 1.29 is 14.5 Å². The molecule has 2 heterocycles. The molecule has 0 radical (unpaired) electrons. The Hall–Kier alpha value is -3.16. The molecule has 130 valence electrons. The smallest absolute Gasteiger partial charge is 0.310 e. The number of amides is 1. The van der Waals surface area contributed by atoms with Gasteiger partial charge in [-0.2, -0.15) is 0 Å². The summed E-state index contributed by atoms with van der Waals surface area (Å²) in [4.78, 5) is 29.2. The summed E-state index contributed by atoms with van der Waals surface area (Å²) in [5.41, 5.74) is 1.10. The van der Waals surface area contributed by atoms with E-state index in [4.69, 9.17) is 4.74 Å². The van der Waals surface area contributed by atoms with Crippen LogP contribution in [-0.2, 0) is 0 Å². The van der Waals surface area contributed by atoms with E-state index in [0.717, 1.165) is 18.8 Å². The molecule has 1 N–H and O–H groups in total. The fraction of sp³-hybridized carbons (Fsp3) is 0.294. The second-order valence-corrected chi connectivity index (χ2v) is 5.69. The van der Waals surface area contributed by atoms with E-state index in [1.165, 1.54) is 38.2 Å². The van der Waals surface area contributed by atoms with Crippen LogP contribution in [0.2, 0.25) is 0 Å². The number of carbonyl (C=O) groups is 1. The molecule has 0 saturated carbocycles. The average Bonchev–Trinajstić information content (AvgIpc) is 3.16. The molecule has 0 unspecified atom stereocenters. The molecule has 2 aromatic rings. The number of nitrogens with zero attached hydrogens (tertiary/aromatic N) is 3. The lowest BCUT2D eigenvalue weighted by molar-refractivity contribution is -0.385. The van der Waals surface area contributed by atoms with Crippen LogP contribution in [0.3, 0.4) is 0 Å². The van der Waals surface area contributed by atoms with Crippen molar-refractivity contribution in [1.29, 1.82) is 0 Å². The Morgan fingerprint density at radius 2 is 2.04 bits per heavy atom. The maximum Gasteiger partial charge on any atom is 0.310 e. The van der Waals surface area contributed by atoms with Gasteiger partial charge in [-0.25, -0.2) is 4.98 Å². The highest BCUT2D eigenvalue weighted by atomic mass is 16.6. The van der Waals surface area contributed by atoms with Gasteiger partial charge < -0.3 is 15.0 Å². The van der Waals surface area contributed by atoms with Gasteiger partial charge in [0.25, 0.3) is 5.91 Å². The van der Waals surface area contributed by atoms with Crippen LogP contribution >= 0.6 is 0 Å². The van der Waals surface area contributed by atoms with E-state index in [1.54, 1.807) is 12.3 Å². The Kier molecular flexibility index (Phi) is 4.78. The van der Waals surface area contributed by atoms with Crippen LogP contribution in [0.5, 0.6) is 5.75 Å². The first kappa shape index (κ1) is 16.7. The van der Waals surface area contributed by atoms with Crippen molar-refractivity contribution >= 4 is 23.1 Å². The van der Waals surface area contributed by atoms with E-state index in [0.29, 0.717) is 5.82 Å². The number of aromatic nitrogens is 1. The predicted octanol–water partition coefficient (Wildman–Crippen LogP) is 2.85. The molecular weight excluding hydrogens is 324 g/mol. The third-order valence-corrected chi connectivity index (χ3v) is 4.10. The Balaban J connectivity index is 1.72. The van der Waals surface area contributed by atoms with Crippen LogP contribution < -0.4 is 15.0 Å². The summed E-state index contributed by atoms with van der Waals surface area (Å²) in [5.74, 6) is 0.0508. The molecule has 1 aliphatic rings. The Labute approximate surface area is 144 Å². The lowest BCUT2D eigenvalue weighted by Crippen LogP contribution is -2.18. The number of carbonyl (C=O) groups excluding carboxylic acids is 1. The van der Waals surface area contributed by atoms with Gasteiger partial charge in [-0.1, -0.05) is 0 Å². The van der Waals surface area contributed by atoms with Crippen LogP contribution in [-0.4, -0.2) is 36.0 Å². The monoisotopic (exact) mass is 342 g/mol. The number of methoxy groups -OCH3 is 1. The molecule has 1 aliphatic heterocycles. The number of nitrogens with one attached hydrogen (secondary N) is 1. The second kappa shape index (κ2) is 7.16. The van der Waals surface area contributed by atoms with Crippen LogP contribution in [0.4, 0.5) is 17.2 Å². The minimum atomic E-state index is -0.556. The zero-order valence-electron chi connectivity index (χ0n) is 13.8. The van der Waals surface area contributed by atoms with Gasteiger partial charge in [0, 0.05) is 30.8 Å². The highest BCUT2D eigenvalue weighted by Crippen LogP contribution is 2.28. The van der Waals surface area contributed by atoms with E-state index in [9.17, 15) is 14.9 Å². The van der Waals surface area contributed by atoms with Crippen LogP contribution in [0.15, 0.2) is 36.5 Å². The topological polar surface area (TPSA) is 97.6 Å². The lowest BCUT2D eigenvalue weighted by atomic mass is 10.1. The van der Waals surface area contributed by atoms with Crippen molar-refractivity contribution in [1.82, 2.24) is 4.98 Å². The Morgan fingerprint density at radius 1 is 1.28 bits per heavy atom. The largest absolute Gasteiger partial charge is 0.490 e. The molecule has 1 fully saturated rings. The van der Waals surface area contributed by atoms with E-state index < -0.39 is 10.8 Å². The molecule has 8 heteroatoms. The maximum atomic E-state index is 12.3. The summed E-state index contributed by atoms with van der Waals surface area (Å²) < 4.78 is 4.98. The summed E-state index contributed by atoms with van der Waals surface area (Å²) >= 11 is 0. The standard InChI is InChI=1S/C17H18N4O4/c1-25-15-10-12(4-6-14(15)21(23)24)17(22)19-16-7-5-13(11-18-16)20-8-2-3-9-20/h4-7,10-11H,2-3,8-9H2,1H3,(H,18,19,22). The van der Waals surface area contributed by atoms with Gasteiger partial charge in [-0.3, -0.25) is 14.9 Å². The maximum absolute atomic E-state index is 12.3. The fourth-order valence-corrected chi connectivity index (χ4v) is 2.78. The third kappa shape index (κ3) is 3.68. The number of hydrogen-bond donors (Lipinski definition) is 1. The number of nitro groups is 1. The number of pyridine rings is 1. The van der Waals surface area contributed by atoms with Gasteiger partial charge in [-0.05, 0) is 31.0 Å². The van der Waals surface area contributed by atoms with E-state index in [2.05, 4.69) is 15.2 Å². The molecule has 3 rings (SSSR count). The van der Waals surface area contributed by atoms with E-state index in [1.807, 2.05) is 6.07 Å². The summed E-state index contributed by atoms with van der Waals surface area (Å²) in [6.45, 7) is 2.05. The zero-order valence-corrected chi connectivity index (χ0v) is 13.8. The van der Waals surface area contributed by atoms with Crippen LogP contribution in [0.25, 0.3) is 0 Å². The number of nitro benzene ring substituents is 1. The molecule has 1 aromatic heterocycles. The van der Waals surface area contributed by atoms with Crippen molar-refractivity contribution in [3.05, 3.63) is 52.2 Å². The Bertz CT molecular complexity index is 786. The molecule has 0 atom stereocenters. The summed E-state index contributed by atoms with van der Waals surface area (Å²) in [5, 5.41) is 13.6. The van der Waals surface area contributed by atoms with Crippen molar-refractivity contribution in [3.8, 4) is 5.75 Å². The first-order chi connectivity index (χ1) is 12.1. The summed E-state index contributed by atoms with van der Waals surface area (Å²) in [6, 6.07) is 7.64. The molecule has 0 aliphatic carbocycles. The zero-order chi connectivity index (χ0) is 17.8. The normalized spacial score (nSPS) is 13.6. The van der Waals surface area contributed by atoms with Gasteiger partial charge in [0.05, 0.1) is 23.9 Å². The van der Waals surface area contributed by atoms with Gasteiger partial charge >= 0.3 is 5.69 Å². The van der Waals surface area contributed by atoms with Crippen molar-refractivity contribution in [3.63, 3.8) is 0 Å². The molecule has 8 nitrogen and oxygen atoms in total. The molecular formula is C17H18N4O4. The third-order valence-electron chi connectivity index (χ3n) is 4.10. The highest BCUT2D eigenvalue weighted by molar-refractivity contribution is 6.04. The van der Waals surface area contributed by atoms with Gasteiger partial charge in [0.15, 0.2) is 5.75 Å². The second-order valence-electron chi connectivity index (χ2n) is 5.69. The first-order valence-electron chi connectivity index (χ1n) is 7.93. The van der Waals surface area contributed by atoms with Crippen molar-refractivity contribution in [2.45, 2.75) is 12.8 Å². The van der Waals surface area contributed by atoms with Gasteiger partial charge in [-0.15, -0.1) is 0 Å². The lowest BCUT2D eigenvalue weighted by Gasteiger charge is -2.17. The quantitative estimate of drug-likeness (QED) is 0.663. The van der Waals surface area contributed by atoms with Crippen LogP contribution in [0, 0.1) is 10.1 Å². The number of anilines is 2. The van der Waals surface area contributed by atoms with E-state index >= 15 is 0 Å². The average molecular weight is 342 g/mol. The van der Waals surface area contributed by atoms with Crippen molar-refractivity contribution in [2.24, 2.45) is 0 Å². The number of hydrogen-bond acceptors (Lipinski definition) is 6. The minimum absolute atomic E-state index is 0.0370. The molecule has 25 heavy (non-hydrogen) atoms. The molecule has 0 bridgehead atoms. The van der Waals surface area contributed by atoms with Gasteiger partial charge in [0.1, 0.15) is 5.82 Å². The first-order valence-corrected chi connectivity index (χ1v) is 7.93. The summed E-state index contributed by atoms with van der Waals surface area (Å²) in [6.07, 6.45) is 4.10. The summed E-state index contributed by atoms with van der Waals surface area (Å²) in [7, 11) is 1.32. The van der Waals surface area contributed by atoms with Gasteiger partial charge in [0.2, 0.25) is 0 Å². The molecule has 1 saturated heterocycles. The minimum Gasteiger partial charge on any atom is -0.490 e. The Morgan fingerprint density at radius 3 is 2.64 bits per heavy atom. The van der Waals surface area contributed by atoms with Crippen molar-refractivity contribution in [2.75, 3.05) is 30.4 Å². The fourth-order valence-electron chi connectivity index (χ4n) is 2.78. The van der Waals surface area contributed by atoms with E-state index in [-0.39, 0.29) is 17.0 Å². The number of rotatable bonds is 5. The molecule has 0 spiro atoms.